The van der Waals surface area contributed by atoms with Crippen molar-refractivity contribution in [1.29, 1.82) is 0 Å². The standard InChI is InChI=1S/C17H22FNO2/c18-16-11-19(9-8-15(16)10-13-6-7-13)17(20)21-12-14-4-2-1-3-5-14/h1-5,13,15-16H,6-12H2/t15-,16-/m1/s1. The van der Waals surface area contributed by atoms with Crippen LogP contribution in [-0.4, -0.2) is 30.3 Å². The Morgan fingerprint density at radius 3 is 2.67 bits per heavy atom. The summed E-state index contributed by atoms with van der Waals surface area (Å²) in [5.41, 5.74) is 0.950. The van der Waals surface area contributed by atoms with E-state index in [0.29, 0.717) is 6.54 Å². The second kappa shape index (κ2) is 6.46. The quantitative estimate of drug-likeness (QED) is 0.845. The highest BCUT2D eigenvalue weighted by Gasteiger charge is 2.35. The summed E-state index contributed by atoms with van der Waals surface area (Å²) >= 11 is 0. The molecule has 1 aromatic carbocycles. The number of likely N-dealkylation sites (tertiary alicyclic amines) is 1. The molecule has 1 aliphatic heterocycles. The van der Waals surface area contributed by atoms with Crippen molar-refractivity contribution in [1.82, 2.24) is 4.90 Å². The van der Waals surface area contributed by atoms with Crippen LogP contribution in [0.2, 0.25) is 0 Å². The van der Waals surface area contributed by atoms with E-state index in [2.05, 4.69) is 0 Å². The number of amides is 1. The molecule has 4 heteroatoms. The Morgan fingerprint density at radius 2 is 2.00 bits per heavy atom. The first-order chi connectivity index (χ1) is 10.2. The van der Waals surface area contributed by atoms with Crippen LogP contribution in [0.1, 0.15) is 31.2 Å². The lowest BCUT2D eigenvalue weighted by Gasteiger charge is -2.34. The number of halogens is 1. The molecule has 2 atom stereocenters. The van der Waals surface area contributed by atoms with E-state index in [1.165, 1.54) is 17.7 Å². The van der Waals surface area contributed by atoms with Crippen molar-refractivity contribution < 1.29 is 13.9 Å². The van der Waals surface area contributed by atoms with E-state index in [4.69, 9.17) is 4.74 Å². The Morgan fingerprint density at radius 1 is 1.24 bits per heavy atom. The van der Waals surface area contributed by atoms with Gasteiger partial charge in [-0.3, -0.25) is 0 Å². The third-order valence-corrected chi connectivity index (χ3v) is 4.47. The minimum Gasteiger partial charge on any atom is -0.445 e. The van der Waals surface area contributed by atoms with Gasteiger partial charge in [0.15, 0.2) is 0 Å². The maximum absolute atomic E-state index is 14.2. The highest BCUT2D eigenvalue weighted by molar-refractivity contribution is 5.67. The van der Waals surface area contributed by atoms with Crippen molar-refractivity contribution in [3.63, 3.8) is 0 Å². The fourth-order valence-electron chi connectivity index (χ4n) is 2.98. The van der Waals surface area contributed by atoms with Gasteiger partial charge in [-0.2, -0.15) is 0 Å². The number of piperidine rings is 1. The first-order valence-corrected chi connectivity index (χ1v) is 7.82. The van der Waals surface area contributed by atoms with Crippen LogP contribution in [0.3, 0.4) is 0 Å². The second-order valence-electron chi connectivity index (χ2n) is 6.23. The highest BCUT2D eigenvalue weighted by Crippen LogP contribution is 2.39. The van der Waals surface area contributed by atoms with Gasteiger partial charge in [-0.15, -0.1) is 0 Å². The largest absolute Gasteiger partial charge is 0.445 e. The minimum absolute atomic E-state index is 0.135. The SMILES string of the molecule is O=C(OCc1ccccc1)N1CC[C@H](CC2CC2)[C@H](F)C1. The smallest absolute Gasteiger partial charge is 0.410 e. The van der Waals surface area contributed by atoms with Crippen molar-refractivity contribution in [3.8, 4) is 0 Å². The van der Waals surface area contributed by atoms with E-state index in [9.17, 15) is 9.18 Å². The molecule has 21 heavy (non-hydrogen) atoms. The topological polar surface area (TPSA) is 29.5 Å². The van der Waals surface area contributed by atoms with E-state index < -0.39 is 12.3 Å². The number of ether oxygens (including phenoxy) is 1. The molecule has 0 aromatic heterocycles. The predicted octanol–water partition coefficient (Wildman–Crippen LogP) is 3.78. The van der Waals surface area contributed by atoms with Gasteiger partial charge in [0.25, 0.3) is 0 Å². The van der Waals surface area contributed by atoms with Crippen LogP contribution in [0.4, 0.5) is 9.18 Å². The molecular formula is C17H22FNO2. The number of benzene rings is 1. The molecule has 0 radical (unpaired) electrons. The zero-order chi connectivity index (χ0) is 14.7. The first-order valence-electron chi connectivity index (χ1n) is 7.82. The molecular weight excluding hydrogens is 269 g/mol. The predicted molar refractivity (Wildman–Crippen MR) is 78.5 cm³/mol. The van der Waals surface area contributed by atoms with E-state index in [1.54, 1.807) is 0 Å². The van der Waals surface area contributed by atoms with E-state index in [0.717, 1.165) is 24.3 Å². The van der Waals surface area contributed by atoms with Gasteiger partial charge in [0.2, 0.25) is 0 Å². The monoisotopic (exact) mass is 291 g/mol. The molecule has 114 valence electrons. The average Bonchev–Trinajstić information content (AvgIpc) is 3.32. The second-order valence-corrected chi connectivity index (χ2v) is 6.23. The number of carbonyl (C=O) groups is 1. The average molecular weight is 291 g/mol. The maximum Gasteiger partial charge on any atom is 0.410 e. The molecule has 0 bridgehead atoms. The first kappa shape index (κ1) is 14.4. The number of carbonyl (C=O) groups excluding carboxylic acids is 1. The number of hydrogen-bond donors (Lipinski definition) is 0. The number of rotatable bonds is 4. The summed E-state index contributed by atoms with van der Waals surface area (Å²) in [4.78, 5) is 13.5. The molecule has 3 nitrogen and oxygen atoms in total. The summed E-state index contributed by atoms with van der Waals surface area (Å²) < 4.78 is 19.4. The molecule has 1 saturated carbocycles. The molecule has 1 aliphatic carbocycles. The summed E-state index contributed by atoms with van der Waals surface area (Å²) in [6.07, 6.45) is 2.97. The Balaban J connectivity index is 1.45. The maximum atomic E-state index is 14.2. The zero-order valence-electron chi connectivity index (χ0n) is 12.2. The van der Waals surface area contributed by atoms with E-state index >= 15 is 0 Å². The van der Waals surface area contributed by atoms with Gasteiger partial charge in [-0.25, -0.2) is 9.18 Å². The highest BCUT2D eigenvalue weighted by atomic mass is 19.1. The van der Waals surface area contributed by atoms with Crippen molar-refractivity contribution in [3.05, 3.63) is 35.9 Å². The number of nitrogens with zero attached hydrogens (tertiary/aromatic N) is 1. The summed E-state index contributed by atoms with van der Waals surface area (Å²) in [5, 5.41) is 0. The van der Waals surface area contributed by atoms with Gasteiger partial charge in [0, 0.05) is 6.54 Å². The van der Waals surface area contributed by atoms with Gasteiger partial charge in [-0.05, 0) is 30.2 Å². The molecule has 0 N–H and O–H groups in total. The lowest BCUT2D eigenvalue weighted by atomic mass is 9.90. The summed E-state index contributed by atoms with van der Waals surface area (Å²) in [6.45, 7) is 1.05. The van der Waals surface area contributed by atoms with Crippen molar-refractivity contribution in [2.45, 2.75) is 38.5 Å². The zero-order valence-corrected chi connectivity index (χ0v) is 12.2. The Labute approximate surface area is 125 Å². The molecule has 1 saturated heterocycles. The van der Waals surface area contributed by atoms with Crippen LogP contribution in [0.5, 0.6) is 0 Å². The third-order valence-electron chi connectivity index (χ3n) is 4.47. The van der Waals surface area contributed by atoms with Crippen LogP contribution in [0.15, 0.2) is 30.3 Å². The van der Waals surface area contributed by atoms with Gasteiger partial charge in [0.1, 0.15) is 12.8 Å². The van der Waals surface area contributed by atoms with Crippen molar-refractivity contribution in [2.24, 2.45) is 11.8 Å². The van der Waals surface area contributed by atoms with Crippen molar-refractivity contribution >= 4 is 6.09 Å². The molecule has 1 aromatic rings. The van der Waals surface area contributed by atoms with Crippen LogP contribution in [-0.2, 0) is 11.3 Å². The van der Waals surface area contributed by atoms with E-state index in [-0.39, 0.29) is 19.1 Å². The molecule has 0 unspecified atom stereocenters. The Bertz CT molecular complexity index is 475. The van der Waals surface area contributed by atoms with Crippen LogP contribution >= 0.6 is 0 Å². The summed E-state index contributed by atoms with van der Waals surface area (Å²) in [6, 6.07) is 9.55. The van der Waals surface area contributed by atoms with E-state index in [1.807, 2.05) is 30.3 Å². The molecule has 1 amide bonds. The third kappa shape index (κ3) is 3.96. The van der Waals surface area contributed by atoms with Crippen LogP contribution in [0.25, 0.3) is 0 Å². The summed E-state index contributed by atoms with van der Waals surface area (Å²) in [7, 11) is 0. The fourth-order valence-corrected chi connectivity index (χ4v) is 2.98. The Hall–Kier alpha value is -1.58. The van der Waals surface area contributed by atoms with Gasteiger partial charge >= 0.3 is 6.09 Å². The molecule has 3 rings (SSSR count). The number of hydrogen-bond acceptors (Lipinski definition) is 2. The lowest BCUT2D eigenvalue weighted by molar-refractivity contribution is 0.0484. The lowest BCUT2D eigenvalue weighted by Crippen LogP contribution is -2.45. The van der Waals surface area contributed by atoms with Gasteiger partial charge < -0.3 is 9.64 Å². The van der Waals surface area contributed by atoms with Crippen molar-refractivity contribution in [2.75, 3.05) is 13.1 Å². The molecule has 2 fully saturated rings. The molecule has 0 spiro atoms. The Kier molecular flexibility index (Phi) is 4.42. The molecule has 1 heterocycles. The van der Waals surface area contributed by atoms with Crippen LogP contribution in [0, 0.1) is 11.8 Å². The number of alkyl halides is 1. The fraction of sp³-hybridized carbons (Fsp3) is 0.588. The summed E-state index contributed by atoms with van der Waals surface area (Å²) in [5.74, 6) is 0.875. The van der Waals surface area contributed by atoms with Crippen LogP contribution < -0.4 is 0 Å². The van der Waals surface area contributed by atoms with Gasteiger partial charge in [0.05, 0.1) is 6.54 Å². The van der Waals surface area contributed by atoms with Gasteiger partial charge in [-0.1, -0.05) is 43.2 Å². The minimum atomic E-state index is -0.899. The molecule has 2 aliphatic rings. The normalized spacial score (nSPS) is 25.7.